The molecule has 0 spiro atoms. The quantitative estimate of drug-likeness (QED) is 0.633. The summed E-state index contributed by atoms with van der Waals surface area (Å²) in [5.74, 6) is 1.22. The molecule has 4 rings (SSSR count). The van der Waals surface area contributed by atoms with Gasteiger partial charge in [0.15, 0.2) is 0 Å². The second-order valence-corrected chi connectivity index (χ2v) is 7.19. The number of imidazole rings is 2. The third kappa shape index (κ3) is 4.02. The van der Waals surface area contributed by atoms with E-state index in [4.69, 9.17) is 9.47 Å². The molecule has 1 atom stereocenters. The Hall–Kier alpha value is -3.13. The van der Waals surface area contributed by atoms with Crippen LogP contribution in [0.5, 0.6) is 5.75 Å². The van der Waals surface area contributed by atoms with E-state index in [0.717, 1.165) is 34.9 Å². The summed E-state index contributed by atoms with van der Waals surface area (Å²) in [4.78, 5) is 26.2. The van der Waals surface area contributed by atoms with E-state index in [-0.39, 0.29) is 11.8 Å². The number of rotatable bonds is 8. The summed E-state index contributed by atoms with van der Waals surface area (Å²) in [5.41, 5.74) is 3.74. The minimum Gasteiger partial charge on any atom is -0.497 e. The number of nitrogens with one attached hydrogen (secondary N) is 1. The summed E-state index contributed by atoms with van der Waals surface area (Å²) >= 11 is 0. The van der Waals surface area contributed by atoms with Gasteiger partial charge in [0, 0.05) is 44.6 Å². The van der Waals surface area contributed by atoms with Crippen molar-refractivity contribution >= 4 is 5.91 Å². The molecule has 3 heterocycles. The monoisotopic (exact) mass is 395 g/mol. The highest BCUT2D eigenvalue weighted by Gasteiger charge is 2.30. The fraction of sp³-hybridized carbons (Fsp3) is 0.381. The topological polar surface area (TPSA) is 85.3 Å². The van der Waals surface area contributed by atoms with Crippen LogP contribution in [0.2, 0.25) is 0 Å². The molecule has 3 aromatic rings. The van der Waals surface area contributed by atoms with E-state index in [2.05, 4.69) is 19.5 Å². The van der Waals surface area contributed by atoms with Crippen LogP contribution in [0.1, 0.15) is 6.42 Å². The minimum atomic E-state index is 0.186. The Morgan fingerprint density at radius 2 is 2.07 bits per heavy atom. The lowest BCUT2D eigenvalue weighted by molar-refractivity contribution is -0.128. The second-order valence-electron chi connectivity index (χ2n) is 7.19. The van der Waals surface area contributed by atoms with E-state index in [0.29, 0.717) is 26.1 Å². The van der Waals surface area contributed by atoms with Crippen LogP contribution in [-0.4, -0.2) is 64.2 Å². The van der Waals surface area contributed by atoms with Gasteiger partial charge in [-0.05, 0) is 24.3 Å². The molecule has 0 saturated carbocycles. The molecule has 1 aliphatic heterocycles. The van der Waals surface area contributed by atoms with Gasteiger partial charge in [0.2, 0.25) is 5.91 Å². The maximum Gasteiger partial charge on any atom is 0.223 e. The number of methoxy groups -OCH3 is 2. The maximum absolute atomic E-state index is 12.3. The summed E-state index contributed by atoms with van der Waals surface area (Å²) in [7, 11) is 3.31. The number of ether oxygens (including phenoxy) is 2. The standard InChI is InChI=1S/C21H25N5O3/c1-28-8-7-25-11-15(9-19(25)27)12-26-14-24-20(21(26)18-10-22-13-23-18)16-3-5-17(29-2)6-4-16/h3-6,10,13-15H,7-9,11-12H2,1-2H3,(H,22,23). The van der Waals surface area contributed by atoms with Crippen molar-refractivity contribution in [3.63, 3.8) is 0 Å². The first-order chi connectivity index (χ1) is 14.2. The van der Waals surface area contributed by atoms with Crippen LogP contribution >= 0.6 is 0 Å². The third-order valence-corrected chi connectivity index (χ3v) is 5.27. The molecule has 1 N–H and O–H groups in total. The first-order valence-electron chi connectivity index (χ1n) is 9.64. The molecule has 1 saturated heterocycles. The fourth-order valence-electron chi connectivity index (χ4n) is 3.82. The second kappa shape index (κ2) is 8.48. The van der Waals surface area contributed by atoms with Crippen LogP contribution in [0, 0.1) is 5.92 Å². The van der Waals surface area contributed by atoms with Gasteiger partial charge >= 0.3 is 0 Å². The number of carbonyl (C=O) groups excluding carboxylic acids is 1. The molecule has 1 fully saturated rings. The van der Waals surface area contributed by atoms with Crippen LogP contribution in [-0.2, 0) is 16.1 Å². The van der Waals surface area contributed by atoms with Crippen molar-refractivity contribution in [2.45, 2.75) is 13.0 Å². The average Bonchev–Trinajstić information content (AvgIpc) is 3.47. The first kappa shape index (κ1) is 19.2. The Labute approximate surface area is 169 Å². The van der Waals surface area contributed by atoms with E-state index in [1.54, 1.807) is 26.7 Å². The zero-order chi connectivity index (χ0) is 20.2. The molecule has 1 aromatic carbocycles. The number of carbonyl (C=O) groups is 1. The summed E-state index contributed by atoms with van der Waals surface area (Å²) in [6, 6.07) is 7.84. The molecule has 152 valence electrons. The van der Waals surface area contributed by atoms with E-state index in [9.17, 15) is 4.79 Å². The SMILES string of the molecule is COCCN1CC(Cn2cnc(-c3ccc(OC)cc3)c2-c2cnc[nH]2)CC1=O. The number of benzene rings is 1. The molecular weight excluding hydrogens is 370 g/mol. The molecule has 8 nitrogen and oxygen atoms in total. The van der Waals surface area contributed by atoms with Crippen LogP contribution in [0.3, 0.4) is 0 Å². The van der Waals surface area contributed by atoms with Crippen molar-refractivity contribution in [3.8, 4) is 28.4 Å². The van der Waals surface area contributed by atoms with Crippen molar-refractivity contribution in [3.05, 3.63) is 43.1 Å². The van der Waals surface area contributed by atoms with Gasteiger partial charge in [-0.3, -0.25) is 4.79 Å². The lowest BCUT2D eigenvalue weighted by Crippen LogP contribution is -2.29. The molecule has 0 aliphatic carbocycles. The van der Waals surface area contributed by atoms with Gasteiger partial charge in [0.05, 0.1) is 49.6 Å². The highest BCUT2D eigenvalue weighted by molar-refractivity contribution is 5.79. The predicted octanol–water partition coefficient (Wildman–Crippen LogP) is 2.44. The van der Waals surface area contributed by atoms with E-state index in [1.165, 1.54) is 0 Å². The van der Waals surface area contributed by atoms with Crippen molar-refractivity contribution < 1.29 is 14.3 Å². The maximum atomic E-state index is 12.3. The molecule has 1 aliphatic rings. The molecular formula is C21H25N5O3. The van der Waals surface area contributed by atoms with Gasteiger partial charge in [-0.15, -0.1) is 0 Å². The van der Waals surface area contributed by atoms with Gasteiger partial charge in [0.25, 0.3) is 0 Å². The normalized spacial score (nSPS) is 16.6. The van der Waals surface area contributed by atoms with Crippen LogP contribution in [0.4, 0.5) is 0 Å². The number of H-pyrrole nitrogens is 1. The van der Waals surface area contributed by atoms with Crippen molar-refractivity contribution in [1.29, 1.82) is 0 Å². The Bertz CT molecular complexity index is 949. The van der Waals surface area contributed by atoms with Gasteiger partial charge in [-0.1, -0.05) is 0 Å². The van der Waals surface area contributed by atoms with Crippen molar-refractivity contribution in [1.82, 2.24) is 24.4 Å². The number of nitrogens with zero attached hydrogens (tertiary/aromatic N) is 4. The Morgan fingerprint density at radius 1 is 1.24 bits per heavy atom. The molecule has 0 bridgehead atoms. The highest BCUT2D eigenvalue weighted by Crippen LogP contribution is 2.32. The predicted molar refractivity (Wildman–Crippen MR) is 108 cm³/mol. The lowest BCUT2D eigenvalue weighted by atomic mass is 10.1. The highest BCUT2D eigenvalue weighted by atomic mass is 16.5. The van der Waals surface area contributed by atoms with Crippen LogP contribution < -0.4 is 4.74 Å². The van der Waals surface area contributed by atoms with Crippen molar-refractivity contribution in [2.75, 3.05) is 33.9 Å². The first-order valence-corrected chi connectivity index (χ1v) is 9.64. The number of amides is 1. The molecule has 8 heteroatoms. The lowest BCUT2D eigenvalue weighted by Gasteiger charge is -2.17. The summed E-state index contributed by atoms with van der Waals surface area (Å²) in [5, 5.41) is 0. The van der Waals surface area contributed by atoms with E-state index >= 15 is 0 Å². The van der Waals surface area contributed by atoms with Crippen LogP contribution in [0.15, 0.2) is 43.1 Å². The Kier molecular flexibility index (Phi) is 5.62. The summed E-state index contributed by atoms with van der Waals surface area (Å²) in [6.45, 7) is 2.65. The number of hydrogen-bond donors (Lipinski definition) is 1. The van der Waals surface area contributed by atoms with Gasteiger partial charge in [-0.25, -0.2) is 9.97 Å². The minimum absolute atomic E-state index is 0.186. The summed E-state index contributed by atoms with van der Waals surface area (Å²) in [6.07, 6.45) is 5.85. The van der Waals surface area contributed by atoms with Gasteiger partial charge in [-0.2, -0.15) is 0 Å². The Balaban J connectivity index is 1.61. The van der Waals surface area contributed by atoms with Crippen molar-refractivity contribution in [2.24, 2.45) is 5.92 Å². The molecule has 29 heavy (non-hydrogen) atoms. The number of hydrogen-bond acceptors (Lipinski definition) is 5. The zero-order valence-electron chi connectivity index (χ0n) is 16.7. The largest absolute Gasteiger partial charge is 0.497 e. The number of aromatic amines is 1. The average molecular weight is 395 g/mol. The molecule has 2 aromatic heterocycles. The molecule has 1 unspecified atom stereocenters. The Morgan fingerprint density at radius 3 is 2.76 bits per heavy atom. The number of likely N-dealkylation sites (tertiary alicyclic amines) is 1. The molecule has 1 amide bonds. The van der Waals surface area contributed by atoms with Gasteiger partial charge in [0.1, 0.15) is 5.75 Å². The molecule has 0 radical (unpaired) electrons. The summed E-state index contributed by atoms with van der Waals surface area (Å²) < 4.78 is 12.5. The van der Waals surface area contributed by atoms with E-state index in [1.807, 2.05) is 35.5 Å². The zero-order valence-corrected chi connectivity index (χ0v) is 16.7. The fourth-order valence-corrected chi connectivity index (χ4v) is 3.82. The third-order valence-electron chi connectivity index (χ3n) is 5.27. The smallest absolute Gasteiger partial charge is 0.223 e. The van der Waals surface area contributed by atoms with Crippen LogP contribution in [0.25, 0.3) is 22.6 Å². The van der Waals surface area contributed by atoms with E-state index < -0.39 is 0 Å². The van der Waals surface area contributed by atoms with Gasteiger partial charge < -0.3 is 23.9 Å². The number of aromatic nitrogens is 4.